The number of pyridine rings is 1. The molecule has 0 radical (unpaired) electrons. The number of nitrogens with zero attached hydrogens (tertiary/aromatic N) is 2. The molecule has 2 N–H and O–H groups in total. The van der Waals surface area contributed by atoms with Gasteiger partial charge in [0.1, 0.15) is 11.4 Å². The van der Waals surface area contributed by atoms with Crippen LogP contribution >= 0.6 is 0 Å². The zero-order valence-corrected chi connectivity index (χ0v) is 17.2. The van der Waals surface area contributed by atoms with Crippen LogP contribution in [0.25, 0.3) is 0 Å². The Hall–Kier alpha value is -3.09. The first-order valence-electron chi connectivity index (χ1n) is 9.93. The quantitative estimate of drug-likeness (QED) is 0.784. The number of carbonyl (C=O) groups is 2. The first-order valence-corrected chi connectivity index (χ1v) is 9.93. The summed E-state index contributed by atoms with van der Waals surface area (Å²) in [7, 11) is 0. The Morgan fingerprint density at radius 3 is 2.41 bits per heavy atom. The third-order valence-electron chi connectivity index (χ3n) is 4.46. The lowest BCUT2D eigenvalue weighted by Crippen LogP contribution is -2.30. The Bertz CT molecular complexity index is 853. The van der Waals surface area contributed by atoms with Crippen molar-refractivity contribution in [2.75, 3.05) is 28.6 Å². The molecule has 2 heterocycles. The van der Waals surface area contributed by atoms with E-state index in [1.54, 1.807) is 51.2 Å². The largest absolute Gasteiger partial charge is 0.444 e. The molecule has 1 aliphatic rings. The van der Waals surface area contributed by atoms with Crippen LogP contribution < -0.4 is 15.5 Å². The molecule has 29 heavy (non-hydrogen) atoms. The van der Waals surface area contributed by atoms with Gasteiger partial charge in [0.2, 0.25) is 0 Å². The van der Waals surface area contributed by atoms with E-state index in [1.165, 1.54) is 19.3 Å². The summed E-state index contributed by atoms with van der Waals surface area (Å²) in [5.41, 5.74) is 0.956. The highest BCUT2D eigenvalue weighted by Gasteiger charge is 2.17. The lowest BCUT2D eigenvalue weighted by molar-refractivity contribution is 0.0635. The molecule has 1 aromatic carbocycles. The fourth-order valence-electron chi connectivity index (χ4n) is 3.13. The highest BCUT2D eigenvalue weighted by Crippen LogP contribution is 2.20. The van der Waals surface area contributed by atoms with E-state index in [9.17, 15) is 9.59 Å². The van der Waals surface area contributed by atoms with Gasteiger partial charge in [-0.2, -0.15) is 0 Å². The molecule has 1 aromatic heterocycles. The minimum atomic E-state index is -0.591. The van der Waals surface area contributed by atoms with Crippen LogP contribution in [0.3, 0.4) is 0 Å². The van der Waals surface area contributed by atoms with Crippen LogP contribution in [0.15, 0.2) is 42.6 Å². The second kappa shape index (κ2) is 8.94. The molecule has 2 amide bonds. The monoisotopic (exact) mass is 396 g/mol. The van der Waals surface area contributed by atoms with Crippen molar-refractivity contribution in [2.45, 2.75) is 45.6 Å². The van der Waals surface area contributed by atoms with Crippen molar-refractivity contribution < 1.29 is 14.3 Å². The van der Waals surface area contributed by atoms with Crippen LogP contribution in [0.4, 0.5) is 22.0 Å². The van der Waals surface area contributed by atoms with E-state index in [1.807, 2.05) is 12.1 Å². The predicted molar refractivity (Wildman–Crippen MR) is 115 cm³/mol. The maximum absolute atomic E-state index is 12.6. The van der Waals surface area contributed by atoms with Gasteiger partial charge in [-0.25, -0.2) is 9.78 Å². The number of hydrogen-bond donors (Lipinski definition) is 2. The maximum Gasteiger partial charge on any atom is 0.412 e. The molecule has 0 aliphatic carbocycles. The predicted octanol–water partition coefficient (Wildman–Crippen LogP) is 4.67. The number of aromatic nitrogens is 1. The van der Waals surface area contributed by atoms with Gasteiger partial charge in [0.05, 0.1) is 11.9 Å². The summed E-state index contributed by atoms with van der Waals surface area (Å²) in [4.78, 5) is 31.2. The average molecular weight is 396 g/mol. The third kappa shape index (κ3) is 6.20. The van der Waals surface area contributed by atoms with E-state index in [0.29, 0.717) is 16.9 Å². The molecule has 1 aliphatic heterocycles. The van der Waals surface area contributed by atoms with Crippen LogP contribution in [0.2, 0.25) is 0 Å². The van der Waals surface area contributed by atoms with E-state index in [2.05, 4.69) is 20.5 Å². The zero-order chi connectivity index (χ0) is 20.9. The van der Waals surface area contributed by atoms with E-state index >= 15 is 0 Å². The van der Waals surface area contributed by atoms with Crippen LogP contribution in [0, 0.1) is 0 Å². The number of anilines is 3. The smallest absolute Gasteiger partial charge is 0.412 e. The van der Waals surface area contributed by atoms with E-state index in [0.717, 1.165) is 18.9 Å². The summed E-state index contributed by atoms with van der Waals surface area (Å²) in [5, 5.41) is 5.49. The number of nitrogens with one attached hydrogen (secondary N) is 2. The Morgan fingerprint density at radius 1 is 1.00 bits per heavy atom. The molecular formula is C22H28N4O3. The summed E-state index contributed by atoms with van der Waals surface area (Å²) in [6, 6.07) is 10.5. The molecule has 0 bridgehead atoms. The Labute approximate surface area is 171 Å². The van der Waals surface area contributed by atoms with E-state index in [-0.39, 0.29) is 5.91 Å². The van der Waals surface area contributed by atoms with Crippen molar-refractivity contribution in [3.8, 4) is 0 Å². The van der Waals surface area contributed by atoms with Crippen LogP contribution in [-0.2, 0) is 4.74 Å². The molecule has 7 heteroatoms. The fraction of sp³-hybridized carbons (Fsp3) is 0.409. The number of piperidine rings is 1. The summed E-state index contributed by atoms with van der Waals surface area (Å²) in [6.45, 7) is 7.43. The highest BCUT2D eigenvalue weighted by atomic mass is 16.6. The van der Waals surface area contributed by atoms with Gasteiger partial charge in [-0.15, -0.1) is 0 Å². The standard InChI is InChI=1S/C22H28N4O3/c1-22(2,3)29-21(28)25-17-9-7-8-16(14-17)20(27)24-18-10-11-19(23-15-18)26-12-5-4-6-13-26/h7-11,14-15H,4-6,12-13H2,1-3H3,(H,24,27)(H,25,28). The maximum atomic E-state index is 12.6. The van der Waals surface area contributed by atoms with Crippen LogP contribution in [0.1, 0.15) is 50.4 Å². The minimum absolute atomic E-state index is 0.273. The molecule has 0 saturated carbocycles. The number of ether oxygens (including phenoxy) is 1. The van der Waals surface area contributed by atoms with Gasteiger partial charge in [-0.3, -0.25) is 10.1 Å². The van der Waals surface area contributed by atoms with Crippen LogP contribution in [-0.4, -0.2) is 35.7 Å². The summed E-state index contributed by atoms with van der Waals surface area (Å²) >= 11 is 0. The van der Waals surface area contributed by atoms with Gasteiger partial charge < -0.3 is 15.0 Å². The van der Waals surface area contributed by atoms with Gasteiger partial charge in [-0.1, -0.05) is 6.07 Å². The topological polar surface area (TPSA) is 83.6 Å². The molecule has 0 spiro atoms. The lowest BCUT2D eigenvalue weighted by Gasteiger charge is -2.27. The minimum Gasteiger partial charge on any atom is -0.444 e. The molecule has 1 saturated heterocycles. The number of rotatable bonds is 4. The summed E-state index contributed by atoms with van der Waals surface area (Å²) in [5.74, 6) is 0.664. The van der Waals surface area contributed by atoms with Crippen molar-refractivity contribution in [1.82, 2.24) is 4.98 Å². The zero-order valence-electron chi connectivity index (χ0n) is 17.2. The number of amides is 2. The van der Waals surface area contributed by atoms with Gasteiger partial charge in [-0.05, 0) is 70.4 Å². The first kappa shape index (κ1) is 20.6. The fourth-order valence-corrected chi connectivity index (χ4v) is 3.13. The van der Waals surface area contributed by atoms with Gasteiger partial charge in [0.25, 0.3) is 5.91 Å². The van der Waals surface area contributed by atoms with Gasteiger partial charge in [0, 0.05) is 24.3 Å². The van der Waals surface area contributed by atoms with E-state index in [4.69, 9.17) is 4.74 Å². The third-order valence-corrected chi connectivity index (χ3v) is 4.46. The van der Waals surface area contributed by atoms with Crippen molar-refractivity contribution in [3.63, 3.8) is 0 Å². The molecule has 3 rings (SSSR count). The van der Waals surface area contributed by atoms with Crippen LogP contribution in [0.5, 0.6) is 0 Å². The lowest BCUT2D eigenvalue weighted by atomic mass is 10.1. The molecular weight excluding hydrogens is 368 g/mol. The average Bonchev–Trinajstić information content (AvgIpc) is 2.68. The SMILES string of the molecule is CC(C)(C)OC(=O)Nc1cccc(C(=O)Nc2ccc(N3CCCCC3)nc2)c1. The second-order valence-corrected chi connectivity index (χ2v) is 8.11. The Balaban J connectivity index is 1.61. The molecule has 2 aromatic rings. The number of carbonyl (C=O) groups excluding carboxylic acids is 2. The first-order chi connectivity index (χ1) is 13.8. The molecule has 154 valence electrons. The summed E-state index contributed by atoms with van der Waals surface area (Å²) < 4.78 is 5.24. The van der Waals surface area contributed by atoms with E-state index < -0.39 is 11.7 Å². The summed E-state index contributed by atoms with van der Waals surface area (Å²) in [6.07, 6.45) is 4.76. The van der Waals surface area contributed by atoms with Gasteiger partial charge in [0.15, 0.2) is 0 Å². The number of benzene rings is 1. The molecule has 0 unspecified atom stereocenters. The Morgan fingerprint density at radius 2 is 1.76 bits per heavy atom. The highest BCUT2D eigenvalue weighted by molar-refractivity contribution is 6.05. The van der Waals surface area contributed by atoms with Crippen molar-refractivity contribution >= 4 is 29.2 Å². The molecule has 1 fully saturated rings. The van der Waals surface area contributed by atoms with Crippen molar-refractivity contribution in [1.29, 1.82) is 0 Å². The van der Waals surface area contributed by atoms with Crippen molar-refractivity contribution in [3.05, 3.63) is 48.2 Å². The molecule has 0 atom stereocenters. The van der Waals surface area contributed by atoms with Crippen molar-refractivity contribution in [2.24, 2.45) is 0 Å². The number of hydrogen-bond acceptors (Lipinski definition) is 5. The Kier molecular flexibility index (Phi) is 6.36. The normalized spacial score (nSPS) is 14.2. The second-order valence-electron chi connectivity index (χ2n) is 8.11. The molecule has 7 nitrogen and oxygen atoms in total. The van der Waals surface area contributed by atoms with Gasteiger partial charge >= 0.3 is 6.09 Å².